The number of hydrogen-bond acceptors (Lipinski definition) is 3. The van der Waals surface area contributed by atoms with Crippen molar-refractivity contribution in [3.63, 3.8) is 0 Å². The molecule has 0 N–H and O–H groups in total. The molecule has 0 aromatic rings. The van der Waals surface area contributed by atoms with E-state index in [0.717, 1.165) is 12.1 Å². The molecule has 3 heteroatoms. The highest BCUT2D eigenvalue weighted by Gasteiger charge is 2.29. The highest BCUT2D eigenvalue weighted by molar-refractivity contribution is 4.86. The molecule has 0 aliphatic carbocycles. The second kappa shape index (κ2) is 5.48. The summed E-state index contributed by atoms with van der Waals surface area (Å²) in [7, 11) is 0. The van der Waals surface area contributed by atoms with Crippen LogP contribution in [0.1, 0.15) is 27.2 Å². The Bertz CT molecular complexity index is 209. The van der Waals surface area contributed by atoms with Crippen LogP contribution >= 0.6 is 0 Å². The van der Waals surface area contributed by atoms with Crippen molar-refractivity contribution in [2.24, 2.45) is 0 Å². The average Bonchev–Trinajstić information content (AvgIpc) is 2.77. The van der Waals surface area contributed by atoms with Gasteiger partial charge in [-0.25, -0.2) is 0 Å². The van der Waals surface area contributed by atoms with Crippen LogP contribution in [-0.4, -0.2) is 72.6 Å². The predicted molar refractivity (Wildman–Crippen MR) is 68.8 cm³/mol. The van der Waals surface area contributed by atoms with Crippen LogP contribution in [0.5, 0.6) is 0 Å². The van der Waals surface area contributed by atoms with Gasteiger partial charge in [-0.05, 0) is 33.4 Å². The molecule has 0 aromatic carbocycles. The van der Waals surface area contributed by atoms with Crippen LogP contribution < -0.4 is 0 Å². The van der Waals surface area contributed by atoms with Gasteiger partial charge < -0.3 is 4.90 Å². The quantitative estimate of drug-likeness (QED) is 0.712. The summed E-state index contributed by atoms with van der Waals surface area (Å²) in [5, 5.41) is 0. The van der Waals surface area contributed by atoms with Gasteiger partial charge in [0, 0.05) is 44.8 Å². The van der Waals surface area contributed by atoms with Crippen LogP contribution in [-0.2, 0) is 0 Å². The van der Waals surface area contributed by atoms with Crippen LogP contribution in [0.25, 0.3) is 0 Å². The van der Waals surface area contributed by atoms with Gasteiger partial charge in [0.2, 0.25) is 0 Å². The molecular weight excluding hydrogens is 198 g/mol. The third-order valence-corrected chi connectivity index (χ3v) is 4.29. The van der Waals surface area contributed by atoms with Gasteiger partial charge in [0.15, 0.2) is 0 Å². The lowest BCUT2D eigenvalue weighted by Gasteiger charge is -2.39. The fourth-order valence-corrected chi connectivity index (χ4v) is 3.02. The Labute approximate surface area is 100 Å². The van der Waals surface area contributed by atoms with Crippen LogP contribution in [0.2, 0.25) is 0 Å². The SMILES string of the molecule is CCN1CCC(N2CCN(C(C)C)CC2)C1. The molecule has 2 saturated heterocycles. The van der Waals surface area contributed by atoms with Gasteiger partial charge in [0.25, 0.3) is 0 Å². The lowest BCUT2D eigenvalue weighted by atomic mass is 10.1. The molecule has 0 radical (unpaired) electrons. The Kier molecular flexibility index (Phi) is 4.22. The molecular formula is C13H27N3. The van der Waals surface area contributed by atoms with Crippen molar-refractivity contribution in [3.8, 4) is 0 Å². The van der Waals surface area contributed by atoms with E-state index in [1.54, 1.807) is 0 Å². The molecule has 0 saturated carbocycles. The van der Waals surface area contributed by atoms with Crippen molar-refractivity contribution in [3.05, 3.63) is 0 Å². The number of piperazine rings is 1. The Balaban J connectivity index is 1.77. The standard InChI is InChI=1S/C13H27N3/c1-4-14-6-5-13(11-14)16-9-7-15(8-10-16)12(2)3/h12-13H,4-11H2,1-3H3. The van der Waals surface area contributed by atoms with E-state index < -0.39 is 0 Å². The van der Waals surface area contributed by atoms with E-state index in [2.05, 4.69) is 35.5 Å². The predicted octanol–water partition coefficient (Wildman–Crippen LogP) is 1.11. The second-order valence-corrected chi connectivity index (χ2v) is 5.50. The number of hydrogen-bond donors (Lipinski definition) is 0. The fourth-order valence-electron chi connectivity index (χ4n) is 3.02. The first-order valence-electron chi connectivity index (χ1n) is 6.91. The van der Waals surface area contributed by atoms with Gasteiger partial charge in [-0.2, -0.15) is 0 Å². The van der Waals surface area contributed by atoms with Crippen molar-refractivity contribution in [1.29, 1.82) is 0 Å². The number of rotatable bonds is 3. The van der Waals surface area contributed by atoms with E-state index in [0.29, 0.717) is 0 Å². The summed E-state index contributed by atoms with van der Waals surface area (Å²) < 4.78 is 0. The minimum Gasteiger partial charge on any atom is -0.302 e. The summed E-state index contributed by atoms with van der Waals surface area (Å²) in [5.41, 5.74) is 0. The van der Waals surface area contributed by atoms with Crippen molar-refractivity contribution in [2.75, 3.05) is 45.8 Å². The zero-order valence-corrected chi connectivity index (χ0v) is 11.2. The van der Waals surface area contributed by atoms with Crippen molar-refractivity contribution in [2.45, 2.75) is 39.3 Å². The molecule has 16 heavy (non-hydrogen) atoms. The Morgan fingerprint density at radius 1 is 1.06 bits per heavy atom. The third kappa shape index (κ3) is 2.76. The fraction of sp³-hybridized carbons (Fsp3) is 1.00. The van der Waals surface area contributed by atoms with Gasteiger partial charge in [-0.15, -0.1) is 0 Å². The van der Waals surface area contributed by atoms with Crippen LogP contribution in [0, 0.1) is 0 Å². The Hall–Kier alpha value is -0.120. The zero-order chi connectivity index (χ0) is 11.5. The molecule has 2 rings (SSSR count). The normalized spacial score (nSPS) is 30.4. The topological polar surface area (TPSA) is 9.72 Å². The summed E-state index contributed by atoms with van der Waals surface area (Å²) >= 11 is 0. The highest BCUT2D eigenvalue weighted by atomic mass is 15.3. The molecule has 1 unspecified atom stereocenters. The maximum absolute atomic E-state index is 2.72. The largest absolute Gasteiger partial charge is 0.302 e. The first-order chi connectivity index (χ1) is 7.70. The summed E-state index contributed by atoms with van der Waals surface area (Å²) in [4.78, 5) is 7.90. The van der Waals surface area contributed by atoms with E-state index in [1.807, 2.05) is 0 Å². The number of likely N-dealkylation sites (tertiary alicyclic amines) is 1. The molecule has 2 heterocycles. The summed E-state index contributed by atoms with van der Waals surface area (Å²) in [6, 6.07) is 1.56. The lowest BCUT2D eigenvalue weighted by molar-refractivity contribution is 0.0802. The molecule has 0 aromatic heterocycles. The molecule has 2 fully saturated rings. The van der Waals surface area contributed by atoms with Crippen LogP contribution in [0.3, 0.4) is 0 Å². The molecule has 0 spiro atoms. The maximum Gasteiger partial charge on any atom is 0.0236 e. The van der Waals surface area contributed by atoms with Crippen molar-refractivity contribution < 1.29 is 0 Å². The highest BCUT2D eigenvalue weighted by Crippen LogP contribution is 2.17. The molecule has 1 atom stereocenters. The van der Waals surface area contributed by atoms with Gasteiger partial charge in [0.05, 0.1) is 0 Å². The van der Waals surface area contributed by atoms with Crippen molar-refractivity contribution >= 4 is 0 Å². The molecule has 2 aliphatic heterocycles. The van der Waals surface area contributed by atoms with Gasteiger partial charge in [0.1, 0.15) is 0 Å². The first kappa shape index (κ1) is 12.3. The smallest absolute Gasteiger partial charge is 0.0236 e. The number of nitrogens with zero attached hydrogens (tertiary/aromatic N) is 3. The summed E-state index contributed by atoms with van der Waals surface area (Å²) in [6.07, 6.45) is 1.38. The zero-order valence-electron chi connectivity index (χ0n) is 11.2. The Morgan fingerprint density at radius 2 is 1.75 bits per heavy atom. The molecule has 0 amide bonds. The third-order valence-electron chi connectivity index (χ3n) is 4.29. The van der Waals surface area contributed by atoms with Crippen LogP contribution in [0.4, 0.5) is 0 Å². The molecule has 3 nitrogen and oxygen atoms in total. The first-order valence-corrected chi connectivity index (χ1v) is 6.91. The monoisotopic (exact) mass is 225 g/mol. The lowest BCUT2D eigenvalue weighted by Crippen LogP contribution is -2.52. The summed E-state index contributed by atoms with van der Waals surface area (Å²) in [5.74, 6) is 0. The summed E-state index contributed by atoms with van der Waals surface area (Å²) in [6.45, 7) is 15.8. The number of likely N-dealkylation sites (N-methyl/N-ethyl adjacent to an activating group) is 1. The average molecular weight is 225 g/mol. The van der Waals surface area contributed by atoms with Gasteiger partial charge >= 0.3 is 0 Å². The van der Waals surface area contributed by atoms with E-state index in [-0.39, 0.29) is 0 Å². The van der Waals surface area contributed by atoms with E-state index in [4.69, 9.17) is 0 Å². The second-order valence-electron chi connectivity index (χ2n) is 5.50. The maximum atomic E-state index is 2.72. The Morgan fingerprint density at radius 3 is 2.25 bits per heavy atom. The van der Waals surface area contributed by atoms with Gasteiger partial charge in [-0.1, -0.05) is 6.92 Å². The molecule has 0 bridgehead atoms. The van der Waals surface area contributed by atoms with Crippen LogP contribution in [0.15, 0.2) is 0 Å². The molecule has 94 valence electrons. The van der Waals surface area contributed by atoms with E-state index in [1.165, 1.54) is 52.2 Å². The van der Waals surface area contributed by atoms with Gasteiger partial charge in [-0.3, -0.25) is 9.80 Å². The van der Waals surface area contributed by atoms with Crippen molar-refractivity contribution in [1.82, 2.24) is 14.7 Å². The molecule has 2 aliphatic rings. The minimum absolute atomic E-state index is 0.720. The minimum atomic E-state index is 0.720. The van der Waals surface area contributed by atoms with E-state index >= 15 is 0 Å². The van der Waals surface area contributed by atoms with E-state index in [9.17, 15) is 0 Å².